The largest absolute Gasteiger partial charge is 0.481 e. The summed E-state index contributed by atoms with van der Waals surface area (Å²) in [5, 5.41) is 11.1. The molecule has 1 aromatic carbocycles. The quantitative estimate of drug-likeness (QED) is 0.734. The molecule has 16 heavy (non-hydrogen) atoms. The van der Waals surface area contributed by atoms with E-state index in [9.17, 15) is 9.59 Å². The summed E-state index contributed by atoms with van der Waals surface area (Å²) >= 11 is 0. The van der Waals surface area contributed by atoms with Crippen molar-refractivity contribution in [3.05, 3.63) is 35.9 Å². The average Bonchev–Trinajstić information content (AvgIpc) is 2.17. The molecule has 0 aliphatic rings. The third-order valence-electron chi connectivity index (χ3n) is 2.10. The molecule has 2 N–H and O–H groups in total. The van der Waals surface area contributed by atoms with Crippen LogP contribution in [0.4, 0.5) is 0 Å². The summed E-state index contributed by atoms with van der Waals surface area (Å²) in [5.41, 5.74) is 1.12. The van der Waals surface area contributed by atoms with Crippen molar-refractivity contribution in [2.45, 2.75) is 25.8 Å². The van der Waals surface area contributed by atoms with Crippen LogP contribution in [-0.4, -0.2) is 23.0 Å². The smallest absolute Gasteiger partial charge is 0.312 e. The molecule has 0 aliphatic heterocycles. The van der Waals surface area contributed by atoms with Crippen LogP contribution in [0.3, 0.4) is 0 Å². The monoisotopic (exact) mass is 221 g/mol. The molecule has 0 saturated heterocycles. The van der Waals surface area contributed by atoms with Crippen LogP contribution < -0.4 is 5.32 Å². The van der Waals surface area contributed by atoms with Crippen molar-refractivity contribution in [2.75, 3.05) is 0 Å². The molecule has 1 aromatic rings. The highest BCUT2D eigenvalue weighted by atomic mass is 16.4. The molecule has 1 atom stereocenters. The number of hydrogen-bond donors (Lipinski definition) is 2. The topological polar surface area (TPSA) is 66.4 Å². The number of carbonyl (C=O) groups excluding carboxylic acids is 1. The predicted molar refractivity (Wildman–Crippen MR) is 60.0 cm³/mol. The standard InChI is InChI=1S/C12H15NO3/c1-9(13-11(14)8-12(15)16)7-10-5-3-2-4-6-10/h2-6,9H,7-8H2,1H3,(H,13,14)(H,15,16). The van der Waals surface area contributed by atoms with Gasteiger partial charge in [-0.05, 0) is 18.9 Å². The summed E-state index contributed by atoms with van der Waals surface area (Å²) in [4.78, 5) is 21.5. The fraction of sp³-hybridized carbons (Fsp3) is 0.333. The minimum atomic E-state index is -1.11. The molecule has 0 fully saturated rings. The number of carbonyl (C=O) groups is 2. The average molecular weight is 221 g/mol. The highest BCUT2D eigenvalue weighted by Gasteiger charge is 2.10. The van der Waals surface area contributed by atoms with Crippen molar-refractivity contribution in [1.82, 2.24) is 5.32 Å². The summed E-state index contributed by atoms with van der Waals surface area (Å²) in [6, 6.07) is 9.67. The Labute approximate surface area is 94.3 Å². The minimum absolute atomic E-state index is 0.0609. The number of carboxylic acids is 1. The number of hydrogen-bond acceptors (Lipinski definition) is 2. The second-order valence-corrected chi connectivity index (χ2v) is 3.73. The van der Waals surface area contributed by atoms with E-state index in [1.54, 1.807) is 0 Å². The molecule has 1 unspecified atom stereocenters. The van der Waals surface area contributed by atoms with Gasteiger partial charge >= 0.3 is 5.97 Å². The van der Waals surface area contributed by atoms with Crippen molar-refractivity contribution >= 4 is 11.9 Å². The Morgan fingerprint density at radius 3 is 2.50 bits per heavy atom. The van der Waals surface area contributed by atoms with E-state index in [4.69, 9.17) is 5.11 Å². The Morgan fingerprint density at radius 2 is 1.94 bits per heavy atom. The predicted octanol–water partition coefficient (Wildman–Crippen LogP) is 1.21. The van der Waals surface area contributed by atoms with Crippen LogP contribution in [0.5, 0.6) is 0 Å². The lowest BCUT2D eigenvalue weighted by atomic mass is 10.1. The van der Waals surface area contributed by atoms with Gasteiger partial charge < -0.3 is 10.4 Å². The van der Waals surface area contributed by atoms with Crippen LogP contribution in [0.1, 0.15) is 18.9 Å². The molecular formula is C12H15NO3. The van der Waals surface area contributed by atoms with E-state index in [1.807, 2.05) is 37.3 Å². The summed E-state index contributed by atoms with van der Waals surface area (Å²) in [5.74, 6) is -1.56. The van der Waals surface area contributed by atoms with Gasteiger partial charge in [0.2, 0.25) is 5.91 Å². The molecule has 0 bridgehead atoms. The van der Waals surface area contributed by atoms with Crippen LogP contribution in [0.25, 0.3) is 0 Å². The number of benzene rings is 1. The number of aliphatic carboxylic acids is 1. The van der Waals surface area contributed by atoms with Crippen LogP contribution in [0.15, 0.2) is 30.3 Å². The summed E-state index contributed by atoms with van der Waals surface area (Å²) in [6.07, 6.45) is 0.228. The maximum atomic E-state index is 11.2. The fourth-order valence-corrected chi connectivity index (χ4v) is 1.48. The van der Waals surface area contributed by atoms with Crippen LogP contribution >= 0.6 is 0 Å². The highest BCUT2D eigenvalue weighted by Crippen LogP contribution is 2.02. The molecular weight excluding hydrogens is 206 g/mol. The normalized spacial score (nSPS) is 11.8. The van der Waals surface area contributed by atoms with E-state index in [-0.39, 0.29) is 6.04 Å². The van der Waals surface area contributed by atoms with Crippen molar-refractivity contribution in [3.63, 3.8) is 0 Å². The Morgan fingerprint density at radius 1 is 1.31 bits per heavy atom. The Balaban J connectivity index is 2.39. The zero-order valence-corrected chi connectivity index (χ0v) is 9.14. The highest BCUT2D eigenvalue weighted by molar-refractivity contribution is 5.93. The first-order chi connectivity index (χ1) is 7.58. The number of amides is 1. The number of carboxylic acid groups (broad SMARTS) is 1. The van der Waals surface area contributed by atoms with E-state index in [2.05, 4.69) is 5.32 Å². The number of rotatable bonds is 5. The SMILES string of the molecule is CC(Cc1ccccc1)NC(=O)CC(=O)O. The third kappa shape index (κ3) is 4.59. The summed E-state index contributed by atoms with van der Waals surface area (Å²) in [7, 11) is 0. The molecule has 1 rings (SSSR count). The third-order valence-corrected chi connectivity index (χ3v) is 2.10. The first-order valence-corrected chi connectivity index (χ1v) is 5.13. The van der Waals surface area contributed by atoms with E-state index >= 15 is 0 Å². The Bertz CT molecular complexity index is 362. The lowest BCUT2D eigenvalue weighted by Gasteiger charge is -2.12. The van der Waals surface area contributed by atoms with E-state index < -0.39 is 18.3 Å². The van der Waals surface area contributed by atoms with Gasteiger partial charge in [-0.3, -0.25) is 9.59 Å². The molecule has 0 radical (unpaired) electrons. The second kappa shape index (κ2) is 5.90. The van der Waals surface area contributed by atoms with Gasteiger partial charge in [0.1, 0.15) is 6.42 Å². The van der Waals surface area contributed by atoms with Crippen LogP contribution in [0.2, 0.25) is 0 Å². The fourth-order valence-electron chi connectivity index (χ4n) is 1.48. The van der Waals surface area contributed by atoms with Crippen LogP contribution in [0, 0.1) is 0 Å². The molecule has 86 valence electrons. The molecule has 0 saturated carbocycles. The van der Waals surface area contributed by atoms with Gasteiger partial charge in [-0.15, -0.1) is 0 Å². The molecule has 4 heteroatoms. The maximum Gasteiger partial charge on any atom is 0.312 e. The molecule has 4 nitrogen and oxygen atoms in total. The minimum Gasteiger partial charge on any atom is -0.481 e. The van der Waals surface area contributed by atoms with Gasteiger partial charge in [0, 0.05) is 6.04 Å². The lowest BCUT2D eigenvalue weighted by Crippen LogP contribution is -2.35. The van der Waals surface area contributed by atoms with Gasteiger partial charge in [0.25, 0.3) is 0 Å². The van der Waals surface area contributed by atoms with Crippen LogP contribution in [-0.2, 0) is 16.0 Å². The van der Waals surface area contributed by atoms with E-state index in [0.717, 1.165) is 5.56 Å². The van der Waals surface area contributed by atoms with Crippen molar-refractivity contribution in [3.8, 4) is 0 Å². The molecule has 1 amide bonds. The maximum absolute atomic E-state index is 11.2. The van der Waals surface area contributed by atoms with Gasteiger partial charge in [0.15, 0.2) is 0 Å². The van der Waals surface area contributed by atoms with Gasteiger partial charge in [0.05, 0.1) is 0 Å². The summed E-state index contributed by atoms with van der Waals surface area (Å²) < 4.78 is 0. The molecule has 0 spiro atoms. The Hall–Kier alpha value is -1.84. The molecule has 0 aliphatic carbocycles. The van der Waals surface area contributed by atoms with E-state index in [0.29, 0.717) is 6.42 Å². The van der Waals surface area contributed by atoms with Gasteiger partial charge in [-0.1, -0.05) is 30.3 Å². The first kappa shape index (κ1) is 12.2. The molecule has 0 aromatic heterocycles. The first-order valence-electron chi connectivity index (χ1n) is 5.13. The lowest BCUT2D eigenvalue weighted by molar-refractivity contribution is -0.140. The Kier molecular flexibility index (Phi) is 4.51. The van der Waals surface area contributed by atoms with Crippen molar-refractivity contribution in [2.24, 2.45) is 0 Å². The number of nitrogens with one attached hydrogen (secondary N) is 1. The molecule has 0 heterocycles. The van der Waals surface area contributed by atoms with Crippen molar-refractivity contribution in [1.29, 1.82) is 0 Å². The van der Waals surface area contributed by atoms with E-state index in [1.165, 1.54) is 0 Å². The van der Waals surface area contributed by atoms with Gasteiger partial charge in [-0.25, -0.2) is 0 Å². The van der Waals surface area contributed by atoms with Gasteiger partial charge in [-0.2, -0.15) is 0 Å². The summed E-state index contributed by atoms with van der Waals surface area (Å²) in [6.45, 7) is 1.85. The zero-order valence-electron chi connectivity index (χ0n) is 9.14. The second-order valence-electron chi connectivity index (χ2n) is 3.73. The zero-order chi connectivity index (χ0) is 12.0. The van der Waals surface area contributed by atoms with Crippen molar-refractivity contribution < 1.29 is 14.7 Å².